The maximum Gasteiger partial charge on any atom is 0.234 e. The van der Waals surface area contributed by atoms with E-state index in [1.807, 2.05) is 25.1 Å². The molecule has 2 N–H and O–H groups in total. The maximum absolute atomic E-state index is 12.4. The van der Waals surface area contributed by atoms with Gasteiger partial charge in [-0.25, -0.2) is 0 Å². The van der Waals surface area contributed by atoms with Crippen molar-refractivity contribution >= 4 is 5.91 Å². The van der Waals surface area contributed by atoms with Crippen molar-refractivity contribution in [3.63, 3.8) is 0 Å². The van der Waals surface area contributed by atoms with Crippen LogP contribution in [-0.2, 0) is 30.7 Å². The van der Waals surface area contributed by atoms with Crippen LogP contribution in [0.4, 0.5) is 0 Å². The lowest BCUT2D eigenvalue weighted by molar-refractivity contribution is -0.122. The van der Waals surface area contributed by atoms with Gasteiger partial charge in [0.15, 0.2) is 0 Å². The molecule has 0 saturated heterocycles. The van der Waals surface area contributed by atoms with Gasteiger partial charge in [-0.05, 0) is 37.8 Å². The third-order valence-corrected chi connectivity index (χ3v) is 4.92. The van der Waals surface area contributed by atoms with Crippen molar-refractivity contribution in [2.75, 3.05) is 13.1 Å². The van der Waals surface area contributed by atoms with Crippen molar-refractivity contribution in [2.45, 2.75) is 45.4 Å². The molecule has 0 bridgehead atoms. The molecule has 2 aliphatic rings. The highest BCUT2D eigenvalue weighted by Crippen LogP contribution is 2.25. The molecule has 1 amide bonds. The number of aromatic nitrogens is 2. The first kappa shape index (κ1) is 16.1. The lowest BCUT2D eigenvalue weighted by Crippen LogP contribution is -2.39. The molecule has 1 aliphatic heterocycles. The first-order valence-corrected chi connectivity index (χ1v) is 8.97. The SMILES string of the molecule is CC1CN(CC(=O)NCc2n[nH]c3c2CCC3)Cc2ccccc2O1. The molecule has 6 heteroatoms. The van der Waals surface area contributed by atoms with E-state index >= 15 is 0 Å². The Morgan fingerprint density at radius 3 is 3.20 bits per heavy atom. The number of hydrogen-bond acceptors (Lipinski definition) is 4. The Hall–Kier alpha value is -2.34. The third kappa shape index (κ3) is 3.54. The van der Waals surface area contributed by atoms with E-state index in [0.717, 1.165) is 42.9 Å². The second-order valence-corrected chi connectivity index (χ2v) is 6.96. The summed E-state index contributed by atoms with van der Waals surface area (Å²) in [6, 6.07) is 8.05. The fourth-order valence-corrected chi connectivity index (χ4v) is 3.77. The van der Waals surface area contributed by atoms with E-state index in [4.69, 9.17) is 4.74 Å². The highest BCUT2D eigenvalue weighted by molar-refractivity contribution is 5.78. The third-order valence-electron chi connectivity index (χ3n) is 4.92. The molecular formula is C19H24N4O2. The van der Waals surface area contributed by atoms with Crippen molar-refractivity contribution in [1.82, 2.24) is 20.4 Å². The van der Waals surface area contributed by atoms with Gasteiger partial charge in [-0.2, -0.15) is 5.10 Å². The van der Waals surface area contributed by atoms with Crippen LogP contribution in [0.5, 0.6) is 5.75 Å². The Bertz CT molecular complexity index is 771. The molecule has 4 rings (SSSR count). The summed E-state index contributed by atoms with van der Waals surface area (Å²) in [5, 5.41) is 10.4. The van der Waals surface area contributed by atoms with Gasteiger partial charge in [0.2, 0.25) is 5.91 Å². The molecule has 0 saturated carbocycles. The number of aromatic amines is 1. The first-order valence-electron chi connectivity index (χ1n) is 8.97. The van der Waals surface area contributed by atoms with Crippen LogP contribution in [-0.4, -0.2) is 40.2 Å². The summed E-state index contributed by atoms with van der Waals surface area (Å²) >= 11 is 0. The van der Waals surface area contributed by atoms with Gasteiger partial charge in [0.05, 0.1) is 18.8 Å². The number of carbonyl (C=O) groups excluding carboxylic acids is 1. The molecule has 1 unspecified atom stereocenters. The molecule has 1 atom stereocenters. The number of nitrogens with zero attached hydrogens (tertiary/aromatic N) is 2. The van der Waals surface area contributed by atoms with Crippen molar-refractivity contribution < 1.29 is 9.53 Å². The zero-order chi connectivity index (χ0) is 17.2. The Morgan fingerprint density at radius 2 is 2.28 bits per heavy atom. The number of benzene rings is 1. The van der Waals surface area contributed by atoms with Gasteiger partial charge in [-0.3, -0.25) is 14.8 Å². The number of hydrogen-bond donors (Lipinski definition) is 2. The lowest BCUT2D eigenvalue weighted by Gasteiger charge is -2.21. The fourth-order valence-electron chi connectivity index (χ4n) is 3.77. The fraction of sp³-hybridized carbons (Fsp3) is 0.474. The first-order chi connectivity index (χ1) is 12.2. The van der Waals surface area contributed by atoms with Crippen LogP contribution in [0.25, 0.3) is 0 Å². The van der Waals surface area contributed by atoms with E-state index in [0.29, 0.717) is 13.1 Å². The summed E-state index contributed by atoms with van der Waals surface area (Å²) in [5.41, 5.74) is 4.65. The standard InChI is InChI=1S/C19H24N4O2/c1-13-10-23(11-14-5-2-3-8-18(14)25-13)12-19(24)20-9-17-15-6-4-7-16(15)21-22-17/h2-3,5,8,13H,4,6-7,9-12H2,1H3,(H,20,24)(H,21,22). The van der Waals surface area contributed by atoms with Crippen LogP contribution in [0.3, 0.4) is 0 Å². The number of nitrogens with one attached hydrogen (secondary N) is 2. The highest BCUT2D eigenvalue weighted by atomic mass is 16.5. The van der Waals surface area contributed by atoms with E-state index in [1.54, 1.807) is 0 Å². The highest BCUT2D eigenvalue weighted by Gasteiger charge is 2.22. The molecule has 6 nitrogen and oxygen atoms in total. The topological polar surface area (TPSA) is 70.2 Å². The summed E-state index contributed by atoms with van der Waals surface area (Å²) in [6.07, 6.45) is 3.37. The number of H-pyrrole nitrogens is 1. The number of aryl methyl sites for hydroxylation is 1. The lowest BCUT2D eigenvalue weighted by atomic mass is 10.2. The second kappa shape index (κ2) is 6.88. The van der Waals surface area contributed by atoms with Gasteiger partial charge in [0.25, 0.3) is 0 Å². The van der Waals surface area contributed by atoms with Crippen LogP contribution >= 0.6 is 0 Å². The Morgan fingerprint density at radius 1 is 1.40 bits per heavy atom. The van der Waals surface area contributed by atoms with Crippen molar-refractivity contribution in [3.8, 4) is 5.75 Å². The van der Waals surface area contributed by atoms with Crippen molar-refractivity contribution in [1.29, 1.82) is 0 Å². The summed E-state index contributed by atoms with van der Waals surface area (Å²) < 4.78 is 5.95. The summed E-state index contributed by atoms with van der Waals surface area (Å²) in [4.78, 5) is 14.5. The van der Waals surface area contributed by atoms with Crippen LogP contribution in [0.1, 0.15) is 35.9 Å². The van der Waals surface area contributed by atoms with E-state index in [9.17, 15) is 4.79 Å². The van der Waals surface area contributed by atoms with E-state index in [1.165, 1.54) is 17.7 Å². The number of rotatable bonds is 4. The maximum atomic E-state index is 12.4. The zero-order valence-electron chi connectivity index (χ0n) is 14.5. The van der Waals surface area contributed by atoms with Crippen LogP contribution in [0.2, 0.25) is 0 Å². The predicted molar refractivity (Wildman–Crippen MR) is 94.3 cm³/mol. The van der Waals surface area contributed by atoms with E-state index in [2.05, 4.69) is 26.5 Å². The predicted octanol–water partition coefficient (Wildman–Crippen LogP) is 1.80. The average molecular weight is 340 g/mol. The molecule has 25 heavy (non-hydrogen) atoms. The average Bonchev–Trinajstić information content (AvgIpc) is 3.14. The molecule has 0 fully saturated rings. The number of amides is 1. The molecule has 1 aromatic carbocycles. The van der Waals surface area contributed by atoms with Gasteiger partial charge in [-0.15, -0.1) is 0 Å². The van der Waals surface area contributed by atoms with Crippen LogP contribution in [0, 0.1) is 0 Å². The molecule has 2 heterocycles. The van der Waals surface area contributed by atoms with Gasteiger partial charge >= 0.3 is 0 Å². The Kier molecular flexibility index (Phi) is 4.44. The molecule has 1 aliphatic carbocycles. The molecular weight excluding hydrogens is 316 g/mol. The van der Waals surface area contributed by atoms with E-state index < -0.39 is 0 Å². The summed E-state index contributed by atoms with van der Waals surface area (Å²) in [7, 11) is 0. The minimum Gasteiger partial charge on any atom is -0.489 e. The monoisotopic (exact) mass is 340 g/mol. The molecule has 132 valence electrons. The van der Waals surface area contributed by atoms with Gasteiger partial charge < -0.3 is 10.1 Å². The largest absolute Gasteiger partial charge is 0.489 e. The summed E-state index contributed by atoms with van der Waals surface area (Å²) in [6.45, 7) is 4.38. The smallest absolute Gasteiger partial charge is 0.234 e. The van der Waals surface area contributed by atoms with Crippen LogP contribution < -0.4 is 10.1 Å². The molecule has 1 aromatic heterocycles. The number of ether oxygens (including phenoxy) is 1. The number of fused-ring (bicyclic) bond motifs is 2. The number of para-hydroxylation sites is 1. The quantitative estimate of drug-likeness (QED) is 0.890. The molecule has 0 spiro atoms. The van der Waals surface area contributed by atoms with Crippen LogP contribution in [0.15, 0.2) is 24.3 Å². The molecule has 2 aromatic rings. The Balaban J connectivity index is 1.35. The van der Waals surface area contributed by atoms with Crippen molar-refractivity contribution in [3.05, 3.63) is 46.8 Å². The van der Waals surface area contributed by atoms with Gasteiger partial charge in [0.1, 0.15) is 11.9 Å². The second-order valence-electron chi connectivity index (χ2n) is 6.96. The number of carbonyl (C=O) groups is 1. The van der Waals surface area contributed by atoms with Gasteiger partial charge in [0, 0.05) is 24.3 Å². The minimum absolute atomic E-state index is 0.0290. The molecule has 0 radical (unpaired) electrons. The summed E-state index contributed by atoms with van der Waals surface area (Å²) in [5.74, 6) is 0.950. The normalized spacial score (nSPS) is 19.6. The minimum atomic E-state index is 0.0290. The van der Waals surface area contributed by atoms with Gasteiger partial charge in [-0.1, -0.05) is 18.2 Å². The Labute approximate surface area is 147 Å². The van der Waals surface area contributed by atoms with E-state index in [-0.39, 0.29) is 12.0 Å². The van der Waals surface area contributed by atoms with Crippen molar-refractivity contribution in [2.24, 2.45) is 0 Å². The zero-order valence-corrected chi connectivity index (χ0v) is 14.5.